The number of nitrogens with two attached hydrogens (primary N) is 1. The van der Waals surface area contributed by atoms with Gasteiger partial charge in [-0.15, -0.1) is 0 Å². The zero-order chi connectivity index (χ0) is 9.99. The summed E-state index contributed by atoms with van der Waals surface area (Å²) in [5.74, 6) is 0. The van der Waals surface area contributed by atoms with Crippen molar-refractivity contribution in [3.8, 4) is 0 Å². The normalized spacial score (nSPS) is 12.9. The highest BCUT2D eigenvalue weighted by atomic mass is 15.2. The number of hydrogen-bond donors (Lipinski definition) is 2. The Labute approximate surface area is 83.3 Å². The van der Waals surface area contributed by atoms with E-state index in [4.69, 9.17) is 5.73 Å². The lowest BCUT2D eigenvalue weighted by Gasteiger charge is -2.45. The van der Waals surface area contributed by atoms with Gasteiger partial charge in [-0.05, 0) is 41.5 Å². The van der Waals surface area contributed by atoms with Crippen molar-refractivity contribution in [1.29, 1.82) is 0 Å². The van der Waals surface area contributed by atoms with Crippen LogP contribution in [0.2, 0.25) is 0 Å². The summed E-state index contributed by atoms with van der Waals surface area (Å²) < 4.78 is 0. The molecule has 0 aromatic rings. The van der Waals surface area contributed by atoms with Crippen LogP contribution in [0.15, 0.2) is 0 Å². The van der Waals surface area contributed by atoms with Gasteiger partial charge in [-0.3, -0.25) is 4.90 Å². The van der Waals surface area contributed by atoms with Crippen LogP contribution in [0.1, 0.15) is 41.5 Å². The van der Waals surface area contributed by atoms with Crippen LogP contribution in [0, 0.1) is 0 Å². The van der Waals surface area contributed by atoms with Gasteiger partial charge in [-0.1, -0.05) is 0 Å². The molecular weight excluding hydrogens is 162 g/mol. The third-order valence-corrected chi connectivity index (χ3v) is 1.97. The van der Waals surface area contributed by atoms with Crippen molar-refractivity contribution < 1.29 is 0 Å². The molecule has 0 aliphatic rings. The van der Waals surface area contributed by atoms with Crippen molar-refractivity contribution in [2.45, 2.75) is 52.6 Å². The van der Waals surface area contributed by atoms with Gasteiger partial charge in [0.05, 0.1) is 0 Å². The molecule has 0 saturated heterocycles. The predicted octanol–water partition coefficient (Wildman–Crippen LogP) is 2.01. The summed E-state index contributed by atoms with van der Waals surface area (Å²) >= 11 is 0. The Balaban J connectivity index is 0. The summed E-state index contributed by atoms with van der Waals surface area (Å²) in [7, 11) is 0. The molecule has 0 aliphatic heterocycles. The minimum Gasteiger partial charge on any atom is -0.344 e. The summed E-state index contributed by atoms with van der Waals surface area (Å²) in [6.45, 7) is 15.1. The van der Waals surface area contributed by atoms with Crippen LogP contribution in [-0.4, -0.2) is 29.1 Å². The van der Waals surface area contributed by atoms with Crippen molar-refractivity contribution in [3.05, 3.63) is 0 Å². The van der Waals surface area contributed by atoms with E-state index < -0.39 is 0 Å². The highest BCUT2D eigenvalue weighted by Gasteiger charge is 2.30. The Morgan fingerprint density at radius 3 is 1.31 bits per heavy atom. The molecule has 0 spiro atoms. The molecule has 0 aromatic heterocycles. The van der Waals surface area contributed by atoms with Crippen molar-refractivity contribution in [3.63, 3.8) is 0 Å². The van der Waals surface area contributed by atoms with Gasteiger partial charge in [0.2, 0.25) is 0 Å². The van der Waals surface area contributed by atoms with Crippen molar-refractivity contribution >= 4 is 0 Å². The third-order valence-electron chi connectivity index (χ3n) is 1.97. The van der Waals surface area contributed by atoms with Gasteiger partial charge >= 0.3 is 0 Å². The maximum absolute atomic E-state index is 5.58. The molecule has 0 atom stereocenters. The fourth-order valence-corrected chi connectivity index (χ4v) is 1.81. The molecule has 0 unspecified atom stereocenters. The Bertz CT molecular complexity index is 116. The lowest BCUT2D eigenvalue weighted by Crippen LogP contribution is -2.54. The number of hydrogen-bond acceptors (Lipinski definition) is 3. The first kappa shape index (κ1) is 15.4. The summed E-state index contributed by atoms with van der Waals surface area (Å²) in [6, 6.07) is 0. The maximum atomic E-state index is 5.58. The molecule has 0 aromatic carbocycles. The molecule has 0 bridgehead atoms. The van der Waals surface area contributed by atoms with Gasteiger partial charge in [0.25, 0.3) is 0 Å². The molecule has 0 amide bonds. The van der Waals surface area contributed by atoms with Crippen LogP contribution >= 0.6 is 0 Å². The number of nitrogens with zero attached hydrogens (tertiary/aromatic N) is 1. The molecule has 0 saturated carbocycles. The van der Waals surface area contributed by atoms with Gasteiger partial charge in [-0.25, -0.2) is 0 Å². The molecule has 0 aliphatic carbocycles. The highest BCUT2D eigenvalue weighted by Crippen LogP contribution is 2.23. The molecule has 0 fully saturated rings. The van der Waals surface area contributed by atoms with E-state index in [0.717, 1.165) is 13.1 Å². The van der Waals surface area contributed by atoms with E-state index in [-0.39, 0.29) is 17.2 Å². The SMILES string of the molecule is CC(C)(C)N(CCN)C(C)(C)C.N. The van der Waals surface area contributed by atoms with E-state index in [1.54, 1.807) is 0 Å². The summed E-state index contributed by atoms with van der Waals surface area (Å²) in [5, 5.41) is 0. The summed E-state index contributed by atoms with van der Waals surface area (Å²) in [5.41, 5.74) is 5.99. The summed E-state index contributed by atoms with van der Waals surface area (Å²) in [4.78, 5) is 2.43. The van der Waals surface area contributed by atoms with Crippen LogP contribution in [0.4, 0.5) is 0 Å². The standard InChI is InChI=1S/C10H24N2.H3N/c1-9(2,3)12(8-7-11)10(4,5)6;/h7-8,11H2,1-6H3;1H3. The second kappa shape index (κ2) is 4.94. The minimum atomic E-state index is 0. The summed E-state index contributed by atoms with van der Waals surface area (Å²) in [6.07, 6.45) is 0. The fraction of sp³-hybridized carbons (Fsp3) is 1.00. The van der Waals surface area contributed by atoms with E-state index in [1.165, 1.54) is 0 Å². The first-order valence-corrected chi connectivity index (χ1v) is 4.67. The molecular formula is C10H27N3. The van der Waals surface area contributed by atoms with E-state index >= 15 is 0 Å². The van der Waals surface area contributed by atoms with E-state index in [0.29, 0.717) is 0 Å². The fourth-order valence-electron chi connectivity index (χ4n) is 1.81. The second-order valence-electron chi connectivity index (χ2n) is 5.28. The highest BCUT2D eigenvalue weighted by molar-refractivity contribution is 4.86. The van der Waals surface area contributed by atoms with Gasteiger partial charge in [0.15, 0.2) is 0 Å². The molecule has 0 heterocycles. The molecule has 0 radical (unpaired) electrons. The second-order valence-corrected chi connectivity index (χ2v) is 5.28. The average molecular weight is 189 g/mol. The molecule has 3 heteroatoms. The Morgan fingerprint density at radius 2 is 1.23 bits per heavy atom. The molecule has 82 valence electrons. The Kier molecular flexibility index (Phi) is 5.83. The first-order chi connectivity index (χ1) is 5.19. The van der Waals surface area contributed by atoms with Gasteiger partial charge in [0.1, 0.15) is 0 Å². The number of rotatable bonds is 2. The van der Waals surface area contributed by atoms with E-state index in [9.17, 15) is 0 Å². The van der Waals surface area contributed by atoms with Gasteiger partial charge < -0.3 is 11.9 Å². The zero-order valence-corrected chi connectivity index (χ0v) is 10.1. The molecule has 3 nitrogen and oxygen atoms in total. The minimum absolute atomic E-state index is 0. The van der Waals surface area contributed by atoms with Gasteiger partial charge in [0, 0.05) is 24.2 Å². The van der Waals surface area contributed by atoms with Crippen molar-refractivity contribution in [2.24, 2.45) is 5.73 Å². The van der Waals surface area contributed by atoms with Crippen LogP contribution < -0.4 is 11.9 Å². The Morgan fingerprint density at radius 1 is 0.923 bits per heavy atom. The van der Waals surface area contributed by atoms with Crippen LogP contribution in [0.5, 0.6) is 0 Å². The zero-order valence-electron chi connectivity index (χ0n) is 10.1. The maximum Gasteiger partial charge on any atom is 0.0130 e. The Hall–Kier alpha value is -0.120. The molecule has 0 rings (SSSR count). The molecule has 5 N–H and O–H groups in total. The van der Waals surface area contributed by atoms with Crippen LogP contribution in [0.3, 0.4) is 0 Å². The van der Waals surface area contributed by atoms with Crippen molar-refractivity contribution in [2.75, 3.05) is 13.1 Å². The predicted molar refractivity (Wildman–Crippen MR) is 60.3 cm³/mol. The van der Waals surface area contributed by atoms with Crippen LogP contribution in [0.25, 0.3) is 0 Å². The average Bonchev–Trinajstić information content (AvgIpc) is 1.77. The van der Waals surface area contributed by atoms with Gasteiger partial charge in [-0.2, -0.15) is 0 Å². The lowest BCUT2D eigenvalue weighted by atomic mass is 9.96. The van der Waals surface area contributed by atoms with Crippen molar-refractivity contribution in [1.82, 2.24) is 11.1 Å². The lowest BCUT2D eigenvalue weighted by molar-refractivity contribution is 0.0420. The third kappa shape index (κ3) is 5.24. The topological polar surface area (TPSA) is 64.3 Å². The first-order valence-electron chi connectivity index (χ1n) is 4.67. The monoisotopic (exact) mass is 189 g/mol. The quantitative estimate of drug-likeness (QED) is 0.698. The molecule has 13 heavy (non-hydrogen) atoms. The van der Waals surface area contributed by atoms with E-state index in [2.05, 4.69) is 46.4 Å². The largest absolute Gasteiger partial charge is 0.344 e. The van der Waals surface area contributed by atoms with Crippen LogP contribution in [-0.2, 0) is 0 Å². The van der Waals surface area contributed by atoms with E-state index in [1.807, 2.05) is 0 Å². The smallest absolute Gasteiger partial charge is 0.0130 e.